The van der Waals surface area contributed by atoms with E-state index in [1.165, 1.54) is 0 Å². The van der Waals surface area contributed by atoms with Crippen LogP contribution in [0, 0.1) is 0 Å². The second kappa shape index (κ2) is 1.76. The van der Waals surface area contributed by atoms with Gasteiger partial charge >= 0.3 is 5.97 Å². The number of rotatable bonds is 1. The molecule has 0 amide bonds. The van der Waals surface area contributed by atoms with Crippen molar-refractivity contribution in [3.8, 4) is 0 Å². The highest BCUT2D eigenvalue weighted by molar-refractivity contribution is 5.66. The summed E-state index contributed by atoms with van der Waals surface area (Å²) in [4.78, 5) is 9.37. The molecule has 0 heterocycles. The van der Waals surface area contributed by atoms with Crippen LogP contribution in [0.2, 0.25) is 0 Å². The van der Waals surface area contributed by atoms with Crippen molar-refractivity contribution in [3.63, 3.8) is 0 Å². The Morgan fingerprint density at radius 3 is 2.20 bits per heavy atom. The molecule has 0 fully saturated rings. The van der Waals surface area contributed by atoms with Crippen LogP contribution in [0.1, 0.15) is 13.3 Å². The van der Waals surface area contributed by atoms with Gasteiger partial charge in [-0.15, -0.1) is 0 Å². The molecule has 0 aliphatic carbocycles. The van der Waals surface area contributed by atoms with Crippen LogP contribution in [0.5, 0.6) is 0 Å². The molecule has 0 saturated heterocycles. The maximum atomic E-state index is 9.37. The van der Waals surface area contributed by atoms with Crippen LogP contribution in [-0.2, 0) is 4.79 Å². The maximum absolute atomic E-state index is 9.37. The summed E-state index contributed by atoms with van der Waals surface area (Å²) in [5.74, 6) is -0.745. The van der Waals surface area contributed by atoms with E-state index in [4.69, 9.17) is 5.11 Å². The Hall–Kier alpha value is -0.530. The van der Waals surface area contributed by atoms with Gasteiger partial charge < -0.3 is 5.11 Å². The van der Waals surface area contributed by atoms with E-state index >= 15 is 0 Å². The van der Waals surface area contributed by atoms with Gasteiger partial charge in [0.15, 0.2) is 0 Å². The van der Waals surface area contributed by atoms with Crippen molar-refractivity contribution in [1.29, 1.82) is 0 Å². The lowest BCUT2D eigenvalue weighted by molar-refractivity contribution is -0.136. The molecular weight excluding hydrogens is 67.0 g/mol. The van der Waals surface area contributed by atoms with Crippen LogP contribution < -0.4 is 0 Å². The zero-order valence-electron chi connectivity index (χ0n) is 3.06. The second-order valence-corrected chi connectivity index (χ2v) is 0.747. The van der Waals surface area contributed by atoms with Crippen LogP contribution in [0.3, 0.4) is 0 Å². The lowest BCUT2D eigenvalue weighted by Crippen LogP contribution is -1.86. The van der Waals surface area contributed by atoms with Crippen molar-refractivity contribution < 1.29 is 9.90 Å². The van der Waals surface area contributed by atoms with Gasteiger partial charge in [-0.3, -0.25) is 4.79 Å². The molecule has 0 aromatic carbocycles. The molecule has 0 aliphatic rings. The van der Waals surface area contributed by atoms with Gasteiger partial charge in [-0.25, -0.2) is 0 Å². The Morgan fingerprint density at radius 1 is 2.00 bits per heavy atom. The average Bonchev–Trinajstić information content (AvgIpc) is 1.38. The first-order valence-electron chi connectivity index (χ1n) is 1.49. The highest BCUT2D eigenvalue weighted by Crippen LogP contribution is 1.67. The summed E-state index contributed by atoms with van der Waals surface area (Å²) in [6.07, 6.45) is 0.222. The van der Waals surface area contributed by atoms with Crippen LogP contribution in [0.15, 0.2) is 0 Å². The number of carboxylic acid groups (broad SMARTS) is 1. The molecule has 30 valence electrons. The molecule has 2 heteroatoms. The van der Waals surface area contributed by atoms with E-state index in [0.717, 1.165) is 0 Å². The van der Waals surface area contributed by atoms with Gasteiger partial charge in [-0.05, 0) is 0 Å². The average molecular weight is 73.1 g/mol. The first-order valence-corrected chi connectivity index (χ1v) is 1.49. The molecular formula is C3H6O2. The summed E-state index contributed by atoms with van der Waals surface area (Å²) in [5, 5.41) is 7.72. The standard InChI is InChI=1S/C3H6O2/c1-2-3(4)5/h2H2,1H3,(H,4,5)/i1-1. The van der Waals surface area contributed by atoms with E-state index in [1.807, 2.05) is 0 Å². The minimum absolute atomic E-state index is 0.222. The highest BCUT2D eigenvalue weighted by atomic mass is 16.4. The molecule has 2 nitrogen and oxygen atoms in total. The van der Waals surface area contributed by atoms with Gasteiger partial charge in [0.2, 0.25) is 0 Å². The lowest BCUT2D eigenvalue weighted by Gasteiger charge is -1.71. The van der Waals surface area contributed by atoms with Crippen molar-refractivity contribution in [2.45, 2.75) is 13.3 Å². The minimum atomic E-state index is -0.745. The van der Waals surface area contributed by atoms with E-state index in [2.05, 4.69) is 0 Å². The Kier molecular flexibility index (Phi) is 1.57. The third-order valence-corrected chi connectivity index (χ3v) is 0.302. The van der Waals surface area contributed by atoms with Crippen molar-refractivity contribution in [2.75, 3.05) is 0 Å². The molecule has 0 aromatic heterocycles. The van der Waals surface area contributed by atoms with Crippen molar-refractivity contribution >= 4 is 5.97 Å². The van der Waals surface area contributed by atoms with Crippen molar-refractivity contribution in [1.82, 2.24) is 0 Å². The van der Waals surface area contributed by atoms with E-state index in [1.54, 1.807) is 6.92 Å². The Bertz CT molecular complexity index is 40.2. The van der Waals surface area contributed by atoms with Crippen LogP contribution in [0.4, 0.5) is 0 Å². The minimum Gasteiger partial charge on any atom is -0.481 e. The third-order valence-electron chi connectivity index (χ3n) is 0.302. The normalized spacial score (nSPS) is 7.40. The predicted octanol–water partition coefficient (Wildman–Crippen LogP) is 0.481. The maximum Gasteiger partial charge on any atom is 0.303 e. The molecule has 0 radical (unpaired) electrons. The fourth-order valence-electron chi connectivity index (χ4n) is 0. The van der Waals surface area contributed by atoms with Gasteiger partial charge in [0, 0.05) is 6.42 Å². The van der Waals surface area contributed by atoms with Gasteiger partial charge in [-0.1, -0.05) is 6.92 Å². The second-order valence-electron chi connectivity index (χ2n) is 0.747. The summed E-state index contributed by atoms with van der Waals surface area (Å²) in [6.45, 7) is 1.60. The number of carbonyl (C=O) groups is 1. The molecule has 0 aliphatic heterocycles. The van der Waals surface area contributed by atoms with Crippen molar-refractivity contribution in [2.24, 2.45) is 0 Å². The zero-order valence-corrected chi connectivity index (χ0v) is 3.06. The Morgan fingerprint density at radius 2 is 2.20 bits per heavy atom. The SMILES string of the molecule is [11CH3]CC(=O)O. The fraction of sp³-hybridized carbons (Fsp3) is 0.667. The van der Waals surface area contributed by atoms with E-state index < -0.39 is 5.97 Å². The summed E-state index contributed by atoms with van der Waals surface area (Å²) in [6, 6.07) is 0. The first kappa shape index (κ1) is 4.47. The molecule has 5 heavy (non-hydrogen) atoms. The number of aliphatic carboxylic acids is 1. The molecule has 0 spiro atoms. The summed E-state index contributed by atoms with van der Waals surface area (Å²) in [7, 11) is 0. The van der Waals surface area contributed by atoms with Crippen LogP contribution in [-0.4, -0.2) is 11.1 Å². The quantitative estimate of drug-likeness (QED) is 0.490. The molecule has 0 unspecified atom stereocenters. The van der Waals surface area contributed by atoms with E-state index in [9.17, 15) is 4.79 Å². The number of hydrogen-bond donors (Lipinski definition) is 1. The van der Waals surface area contributed by atoms with Crippen LogP contribution in [0.25, 0.3) is 0 Å². The molecule has 0 rings (SSSR count). The van der Waals surface area contributed by atoms with Gasteiger partial charge in [0.05, 0.1) is 0 Å². The Balaban J connectivity index is 2.85. The molecule has 1 N–H and O–H groups in total. The van der Waals surface area contributed by atoms with Crippen LogP contribution >= 0.6 is 0 Å². The smallest absolute Gasteiger partial charge is 0.303 e. The first-order chi connectivity index (χ1) is 2.27. The number of hydrogen-bond acceptors (Lipinski definition) is 1. The molecule has 0 saturated carbocycles. The summed E-state index contributed by atoms with van der Waals surface area (Å²) >= 11 is 0. The monoisotopic (exact) mass is 73.0 g/mol. The van der Waals surface area contributed by atoms with E-state index in [-0.39, 0.29) is 6.42 Å². The topological polar surface area (TPSA) is 37.3 Å². The summed E-state index contributed by atoms with van der Waals surface area (Å²) < 4.78 is 0. The molecule has 0 bridgehead atoms. The van der Waals surface area contributed by atoms with Gasteiger partial charge in [0.1, 0.15) is 0 Å². The largest absolute Gasteiger partial charge is 0.481 e. The van der Waals surface area contributed by atoms with Gasteiger partial charge in [0.25, 0.3) is 0 Å². The summed E-state index contributed by atoms with van der Waals surface area (Å²) in [5.41, 5.74) is 0. The van der Waals surface area contributed by atoms with E-state index in [0.29, 0.717) is 0 Å². The fourth-order valence-corrected chi connectivity index (χ4v) is 0. The van der Waals surface area contributed by atoms with Gasteiger partial charge in [-0.2, -0.15) is 0 Å². The lowest BCUT2D eigenvalue weighted by atomic mass is 10.2. The highest BCUT2D eigenvalue weighted by Gasteiger charge is 1.80. The zero-order chi connectivity index (χ0) is 4.28. The molecule has 0 aromatic rings. The third kappa shape index (κ3) is 3.47. The Labute approximate surface area is 30.4 Å². The molecule has 0 atom stereocenters. The number of carboxylic acids is 1. The predicted molar refractivity (Wildman–Crippen MR) is 17.9 cm³/mol. The van der Waals surface area contributed by atoms with Crippen molar-refractivity contribution in [3.05, 3.63) is 0 Å².